The molecule has 0 aromatic carbocycles. The Hall–Kier alpha value is -1.35. The van der Waals surface area contributed by atoms with Crippen LogP contribution >= 0.6 is 0 Å². The summed E-state index contributed by atoms with van der Waals surface area (Å²) in [6.07, 6.45) is 10.7. The number of rotatable bonds is 3. The molecule has 2 N–H and O–H groups in total. The van der Waals surface area contributed by atoms with Gasteiger partial charge in [-0.1, -0.05) is 19.8 Å². The van der Waals surface area contributed by atoms with Crippen LogP contribution in [0.1, 0.15) is 44.6 Å². The second-order valence-corrected chi connectivity index (χ2v) is 5.90. The zero-order chi connectivity index (χ0) is 13.1. The molecule has 2 aromatic rings. The molecule has 3 heteroatoms. The van der Waals surface area contributed by atoms with Crippen LogP contribution in [0.5, 0.6) is 0 Å². The molecule has 2 unspecified atom stereocenters. The van der Waals surface area contributed by atoms with Crippen LogP contribution in [-0.4, -0.2) is 16.0 Å². The van der Waals surface area contributed by atoms with Gasteiger partial charge in [-0.2, -0.15) is 0 Å². The Morgan fingerprint density at radius 1 is 1.32 bits per heavy atom. The average molecular weight is 257 g/mol. The fourth-order valence-corrected chi connectivity index (χ4v) is 3.10. The molecule has 0 bridgehead atoms. The van der Waals surface area contributed by atoms with Crippen molar-refractivity contribution in [3.8, 4) is 0 Å². The maximum Gasteiger partial charge on any atom is 0.137 e. The Balaban J connectivity index is 1.62. The van der Waals surface area contributed by atoms with E-state index in [-0.39, 0.29) is 0 Å². The molecule has 19 heavy (non-hydrogen) atoms. The van der Waals surface area contributed by atoms with Gasteiger partial charge in [-0.15, -0.1) is 0 Å². The molecule has 0 spiro atoms. The summed E-state index contributed by atoms with van der Waals surface area (Å²) in [5, 5.41) is 4.98. The van der Waals surface area contributed by atoms with Crippen LogP contribution < -0.4 is 5.32 Å². The molecule has 0 radical (unpaired) electrons. The van der Waals surface area contributed by atoms with Gasteiger partial charge in [0, 0.05) is 30.4 Å². The van der Waals surface area contributed by atoms with Crippen molar-refractivity contribution in [3.63, 3.8) is 0 Å². The van der Waals surface area contributed by atoms with E-state index in [4.69, 9.17) is 0 Å². The normalized spacial score (nSPS) is 24.5. The fourth-order valence-electron chi connectivity index (χ4n) is 3.10. The first kappa shape index (κ1) is 12.7. The molecular weight excluding hydrogens is 234 g/mol. The van der Waals surface area contributed by atoms with E-state index < -0.39 is 0 Å². The topological polar surface area (TPSA) is 40.7 Å². The van der Waals surface area contributed by atoms with Gasteiger partial charge in [0.2, 0.25) is 0 Å². The lowest BCUT2D eigenvalue weighted by Gasteiger charge is -2.16. The number of hydrogen-bond acceptors (Lipinski definition) is 2. The van der Waals surface area contributed by atoms with E-state index in [0.717, 1.165) is 18.1 Å². The van der Waals surface area contributed by atoms with E-state index in [1.54, 1.807) is 0 Å². The van der Waals surface area contributed by atoms with Crippen molar-refractivity contribution >= 4 is 11.0 Å². The first-order valence-electron chi connectivity index (χ1n) is 7.47. The molecule has 1 aliphatic carbocycles. The maximum atomic E-state index is 4.34. The Kier molecular flexibility index (Phi) is 3.83. The maximum absolute atomic E-state index is 4.34. The number of hydrogen-bond donors (Lipinski definition) is 2. The monoisotopic (exact) mass is 257 g/mol. The SMILES string of the molecule is CC1CCCC(NCc2c[nH]c3ncccc23)CC1. The summed E-state index contributed by atoms with van der Waals surface area (Å²) in [6, 6.07) is 4.84. The smallest absolute Gasteiger partial charge is 0.137 e. The fraction of sp³-hybridized carbons (Fsp3) is 0.562. The molecule has 2 aromatic heterocycles. The number of nitrogens with one attached hydrogen (secondary N) is 2. The van der Waals surface area contributed by atoms with E-state index in [0.29, 0.717) is 6.04 Å². The van der Waals surface area contributed by atoms with Crippen molar-refractivity contribution in [2.45, 2.75) is 51.6 Å². The van der Waals surface area contributed by atoms with Gasteiger partial charge in [-0.3, -0.25) is 0 Å². The zero-order valence-electron chi connectivity index (χ0n) is 11.7. The first-order chi connectivity index (χ1) is 9.33. The summed E-state index contributed by atoms with van der Waals surface area (Å²) >= 11 is 0. The lowest BCUT2D eigenvalue weighted by Crippen LogP contribution is -2.27. The number of fused-ring (bicyclic) bond motifs is 1. The van der Waals surface area contributed by atoms with E-state index in [9.17, 15) is 0 Å². The lowest BCUT2D eigenvalue weighted by atomic mass is 10.0. The van der Waals surface area contributed by atoms with E-state index >= 15 is 0 Å². The van der Waals surface area contributed by atoms with Gasteiger partial charge >= 0.3 is 0 Å². The third-order valence-corrected chi connectivity index (χ3v) is 4.38. The second-order valence-electron chi connectivity index (χ2n) is 5.90. The number of pyridine rings is 1. The molecule has 0 aliphatic heterocycles. The largest absolute Gasteiger partial charge is 0.346 e. The molecular formula is C16H23N3. The van der Waals surface area contributed by atoms with Crippen molar-refractivity contribution in [1.29, 1.82) is 0 Å². The molecule has 0 saturated heterocycles. The van der Waals surface area contributed by atoms with Crippen LogP contribution in [0.3, 0.4) is 0 Å². The van der Waals surface area contributed by atoms with Gasteiger partial charge in [-0.05, 0) is 42.9 Å². The van der Waals surface area contributed by atoms with Crippen molar-refractivity contribution in [2.24, 2.45) is 5.92 Å². The Labute approximate surface area is 114 Å². The predicted octanol–water partition coefficient (Wildman–Crippen LogP) is 3.62. The second kappa shape index (κ2) is 5.74. The number of H-pyrrole nitrogens is 1. The van der Waals surface area contributed by atoms with Gasteiger partial charge < -0.3 is 10.3 Å². The highest BCUT2D eigenvalue weighted by Crippen LogP contribution is 2.23. The van der Waals surface area contributed by atoms with Gasteiger partial charge in [0.25, 0.3) is 0 Å². The molecule has 1 aliphatic rings. The highest BCUT2D eigenvalue weighted by Gasteiger charge is 2.16. The van der Waals surface area contributed by atoms with Crippen LogP contribution in [0.2, 0.25) is 0 Å². The zero-order valence-corrected chi connectivity index (χ0v) is 11.7. The molecule has 3 nitrogen and oxygen atoms in total. The quantitative estimate of drug-likeness (QED) is 0.824. The van der Waals surface area contributed by atoms with Crippen LogP contribution in [-0.2, 0) is 6.54 Å². The third-order valence-electron chi connectivity index (χ3n) is 4.38. The van der Waals surface area contributed by atoms with E-state index in [1.807, 2.05) is 12.3 Å². The van der Waals surface area contributed by atoms with Crippen LogP contribution in [0.15, 0.2) is 24.5 Å². The van der Waals surface area contributed by atoms with Crippen molar-refractivity contribution < 1.29 is 0 Å². The minimum Gasteiger partial charge on any atom is -0.346 e. The molecule has 2 heterocycles. The first-order valence-corrected chi connectivity index (χ1v) is 7.47. The molecule has 1 saturated carbocycles. The van der Waals surface area contributed by atoms with Gasteiger partial charge in [0.1, 0.15) is 5.65 Å². The summed E-state index contributed by atoms with van der Waals surface area (Å²) in [7, 11) is 0. The Morgan fingerprint density at radius 3 is 3.21 bits per heavy atom. The standard InChI is InChI=1S/C16H23N3/c1-12-4-2-5-14(8-7-12)18-10-13-11-19-16-15(13)6-3-9-17-16/h3,6,9,11-12,14,18H,2,4-5,7-8,10H2,1H3,(H,17,19). The van der Waals surface area contributed by atoms with E-state index in [1.165, 1.54) is 43.1 Å². The number of aromatic amines is 1. The molecule has 0 amide bonds. The predicted molar refractivity (Wildman–Crippen MR) is 79.0 cm³/mol. The summed E-state index contributed by atoms with van der Waals surface area (Å²) in [5.74, 6) is 0.907. The van der Waals surface area contributed by atoms with Gasteiger partial charge in [-0.25, -0.2) is 4.98 Å². The van der Waals surface area contributed by atoms with E-state index in [2.05, 4.69) is 34.5 Å². The van der Waals surface area contributed by atoms with Gasteiger partial charge in [0.05, 0.1) is 0 Å². The number of aromatic nitrogens is 2. The van der Waals surface area contributed by atoms with Crippen LogP contribution in [0.25, 0.3) is 11.0 Å². The summed E-state index contributed by atoms with van der Waals surface area (Å²) in [5.41, 5.74) is 2.33. The van der Waals surface area contributed by atoms with Crippen LogP contribution in [0.4, 0.5) is 0 Å². The van der Waals surface area contributed by atoms with Gasteiger partial charge in [0.15, 0.2) is 0 Å². The van der Waals surface area contributed by atoms with Crippen molar-refractivity contribution in [3.05, 3.63) is 30.1 Å². The molecule has 3 rings (SSSR count). The third kappa shape index (κ3) is 2.98. The summed E-state index contributed by atoms with van der Waals surface area (Å²) in [4.78, 5) is 7.58. The Bertz CT molecular complexity index is 532. The highest BCUT2D eigenvalue weighted by atomic mass is 14.9. The number of nitrogens with zero attached hydrogens (tertiary/aromatic N) is 1. The molecule has 1 fully saturated rings. The van der Waals surface area contributed by atoms with Crippen molar-refractivity contribution in [1.82, 2.24) is 15.3 Å². The van der Waals surface area contributed by atoms with Crippen molar-refractivity contribution in [2.75, 3.05) is 0 Å². The molecule has 2 atom stereocenters. The molecule has 102 valence electrons. The highest BCUT2D eigenvalue weighted by molar-refractivity contribution is 5.79. The Morgan fingerprint density at radius 2 is 2.26 bits per heavy atom. The summed E-state index contributed by atoms with van der Waals surface area (Å²) < 4.78 is 0. The average Bonchev–Trinajstić information content (AvgIpc) is 2.73. The van der Waals surface area contributed by atoms with Crippen LogP contribution in [0, 0.1) is 5.92 Å². The lowest BCUT2D eigenvalue weighted by molar-refractivity contribution is 0.448. The summed E-state index contributed by atoms with van der Waals surface area (Å²) in [6.45, 7) is 3.33. The minimum atomic E-state index is 0.687. The minimum absolute atomic E-state index is 0.687.